The molecule has 1 aromatic carbocycles. The van der Waals surface area contributed by atoms with Crippen molar-refractivity contribution >= 4 is 17.7 Å². The van der Waals surface area contributed by atoms with E-state index >= 15 is 0 Å². The zero-order valence-corrected chi connectivity index (χ0v) is 11.0. The first-order valence-electron chi connectivity index (χ1n) is 6.42. The molecule has 102 valence electrons. The number of urea groups is 1. The fraction of sp³-hybridized carbons (Fsp3) is 0.429. The van der Waals surface area contributed by atoms with Crippen molar-refractivity contribution in [2.75, 3.05) is 18.9 Å². The van der Waals surface area contributed by atoms with E-state index in [4.69, 9.17) is 5.11 Å². The number of amides is 2. The molecule has 0 aromatic heterocycles. The number of fused-ring (bicyclic) bond motifs is 1. The van der Waals surface area contributed by atoms with Crippen molar-refractivity contribution < 1.29 is 14.7 Å². The molecule has 0 atom stereocenters. The maximum Gasteiger partial charge on any atom is 0.323 e. The lowest BCUT2D eigenvalue weighted by Gasteiger charge is -2.21. The molecule has 1 aliphatic rings. The lowest BCUT2D eigenvalue weighted by atomic mass is 9.90. The van der Waals surface area contributed by atoms with Crippen molar-refractivity contribution in [1.29, 1.82) is 0 Å². The molecule has 1 aromatic rings. The predicted octanol–water partition coefficient (Wildman–Crippen LogP) is 2.11. The molecule has 5 heteroatoms. The third-order valence-corrected chi connectivity index (χ3v) is 3.36. The van der Waals surface area contributed by atoms with Gasteiger partial charge in [-0.1, -0.05) is 12.1 Å². The van der Waals surface area contributed by atoms with Crippen LogP contribution in [0, 0.1) is 0 Å². The van der Waals surface area contributed by atoms with E-state index in [9.17, 15) is 9.59 Å². The van der Waals surface area contributed by atoms with Gasteiger partial charge >= 0.3 is 12.0 Å². The molecule has 0 spiro atoms. The third-order valence-electron chi connectivity index (χ3n) is 3.36. The highest BCUT2D eigenvalue weighted by Gasteiger charge is 2.17. The first-order valence-corrected chi connectivity index (χ1v) is 6.42. The molecule has 1 aliphatic carbocycles. The number of aliphatic carboxylic acids is 1. The molecule has 2 N–H and O–H groups in total. The van der Waals surface area contributed by atoms with Gasteiger partial charge in [0.15, 0.2) is 0 Å². The number of likely N-dealkylation sites (N-methyl/N-ethyl adjacent to an activating group) is 1. The van der Waals surface area contributed by atoms with Gasteiger partial charge in [0.1, 0.15) is 6.54 Å². The molecular weight excluding hydrogens is 244 g/mol. The minimum absolute atomic E-state index is 0.305. The van der Waals surface area contributed by atoms with Crippen LogP contribution in [0.1, 0.15) is 24.0 Å². The van der Waals surface area contributed by atoms with Crippen LogP contribution in [0.2, 0.25) is 0 Å². The number of anilines is 1. The average Bonchev–Trinajstić information content (AvgIpc) is 2.38. The summed E-state index contributed by atoms with van der Waals surface area (Å²) in [5.74, 6) is -1.02. The maximum absolute atomic E-state index is 11.9. The van der Waals surface area contributed by atoms with Crippen LogP contribution in [-0.4, -0.2) is 35.6 Å². The van der Waals surface area contributed by atoms with Crippen LogP contribution >= 0.6 is 0 Å². The molecule has 19 heavy (non-hydrogen) atoms. The van der Waals surface area contributed by atoms with Crippen LogP contribution in [0.5, 0.6) is 0 Å². The highest BCUT2D eigenvalue weighted by molar-refractivity contribution is 5.92. The number of carbonyl (C=O) groups excluding carboxylic acids is 1. The van der Waals surface area contributed by atoms with E-state index in [0.717, 1.165) is 29.8 Å². The molecule has 0 saturated carbocycles. The second-order valence-electron chi connectivity index (χ2n) is 4.83. The Kier molecular flexibility index (Phi) is 4.04. The highest BCUT2D eigenvalue weighted by atomic mass is 16.4. The lowest BCUT2D eigenvalue weighted by molar-refractivity contribution is -0.137. The highest BCUT2D eigenvalue weighted by Crippen LogP contribution is 2.27. The van der Waals surface area contributed by atoms with E-state index < -0.39 is 5.97 Å². The predicted molar refractivity (Wildman–Crippen MR) is 72.4 cm³/mol. The van der Waals surface area contributed by atoms with Crippen LogP contribution in [0.15, 0.2) is 18.2 Å². The molecule has 0 aliphatic heterocycles. The molecular formula is C14H18N2O3. The third kappa shape index (κ3) is 3.24. The summed E-state index contributed by atoms with van der Waals surface area (Å²) in [6, 6.07) is 5.50. The summed E-state index contributed by atoms with van der Waals surface area (Å²) in [6.45, 7) is -0.305. The number of carboxylic acid groups (broad SMARTS) is 1. The summed E-state index contributed by atoms with van der Waals surface area (Å²) in [4.78, 5) is 23.6. The van der Waals surface area contributed by atoms with Gasteiger partial charge in [-0.2, -0.15) is 0 Å². The Morgan fingerprint density at radius 1 is 1.32 bits per heavy atom. The summed E-state index contributed by atoms with van der Waals surface area (Å²) in [5, 5.41) is 11.5. The second kappa shape index (κ2) is 5.73. The number of hydrogen-bond acceptors (Lipinski definition) is 2. The van der Waals surface area contributed by atoms with E-state index in [1.165, 1.54) is 24.6 Å². The number of benzene rings is 1. The smallest absolute Gasteiger partial charge is 0.323 e. The Balaban J connectivity index is 2.11. The number of aryl methyl sites for hydroxylation is 1. The normalized spacial score (nSPS) is 13.5. The summed E-state index contributed by atoms with van der Waals surface area (Å²) in [7, 11) is 1.47. The number of nitrogens with zero attached hydrogens (tertiary/aromatic N) is 1. The molecule has 0 heterocycles. The monoisotopic (exact) mass is 262 g/mol. The van der Waals surface area contributed by atoms with Crippen molar-refractivity contribution in [2.24, 2.45) is 0 Å². The Morgan fingerprint density at radius 2 is 2.05 bits per heavy atom. The van der Waals surface area contributed by atoms with Gasteiger partial charge in [0.05, 0.1) is 0 Å². The van der Waals surface area contributed by atoms with Gasteiger partial charge in [0.2, 0.25) is 0 Å². The van der Waals surface area contributed by atoms with E-state index in [-0.39, 0.29) is 12.6 Å². The molecule has 2 amide bonds. The van der Waals surface area contributed by atoms with Crippen LogP contribution in [0.3, 0.4) is 0 Å². The van der Waals surface area contributed by atoms with Crippen LogP contribution in [0.25, 0.3) is 0 Å². The van der Waals surface area contributed by atoms with Gasteiger partial charge in [-0.25, -0.2) is 4.79 Å². The topological polar surface area (TPSA) is 69.6 Å². The number of carbonyl (C=O) groups is 2. The van der Waals surface area contributed by atoms with Crippen molar-refractivity contribution in [3.8, 4) is 0 Å². The van der Waals surface area contributed by atoms with Gasteiger partial charge in [-0.15, -0.1) is 0 Å². The molecule has 0 unspecified atom stereocenters. The molecule has 0 radical (unpaired) electrons. The molecule has 0 saturated heterocycles. The minimum atomic E-state index is -1.02. The number of rotatable bonds is 3. The molecule has 2 rings (SSSR count). The zero-order chi connectivity index (χ0) is 13.8. The second-order valence-corrected chi connectivity index (χ2v) is 4.83. The fourth-order valence-electron chi connectivity index (χ4n) is 2.38. The number of carboxylic acids is 1. The molecule has 5 nitrogen and oxygen atoms in total. The number of hydrogen-bond donors (Lipinski definition) is 2. The first kappa shape index (κ1) is 13.4. The van der Waals surface area contributed by atoms with Crippen molar-refractivity contribution in [3.05, 3.63) is 29.3 Å². The average molecular weight is 262 g/mol. The van der Waals surface area contributed by atoms with Crippen LogP contribution < -0.4 is 5.32 Å². The minimum Gasteiger partial charge on any atom is -0.480 e. The Morgan fingerprint density at radius 3 is 2.79 bits per heavy atom. The standard InChI is InChI=1S/C14H18N2O3/c1-16(9-13(17)18)14(19)15-12-8-4-6-10-5-2-3-7-11(10)12/h4,6,8H,2-3,5,7,9H2,1H3,(H,15,19)(H,17,18). The van der Waals surface area contributed by atoms with Crippen molar-refractivity contribution in [3.63, 3.8) is 0 Å². The van der Waals surface area contributed by atoms with Crippen LogP contribution in [-0.2, 0) is 17.6 Å². The van der Waals surface area contributed by atoms with Crippen molar-refractivity contribution in [2.45, 2.75) is 25.7 Å². The van der Waals surface area contributed by atoms with Gasteiger partial charge in [-0.3, -0.25) is 4.79 Å². The fourth-order valence-corrected chi connectivity index (χ4v) is 2.38. The Hall–Kier alpha value is -2.04. The van der Waals surface area contributed by atoms with Gasteiger partial charge in [-0.05, 0) is 42.9 Å². The summed E-state index contributed by atoms with van der Waals surface area (Å²) < 4.78 is 0. The van der Waals surface area contributed by atoms with Gasteiger partial charge in [0, 0.05) is 12.7 Å². The zero-order valence-electron chi connectivity index (χ0n) is 11.0. The summed E-state index contributed by atoms with van der Waals surface area (Å²) in [5.41, 5.74) is 3.27. The molecule has 0 fully saturated rings. The number of nitrogens with one attached hydrogen (secondary N) is 1. The van der Waals surface area contributed by atoms with Gasteiger partial charge in [0.25, 0.3) is 0 Å². The quantitative estimate of drug-likeness (QED) is 0.876. The Labute approximate surface area is 112 Å². The largest absolute Gasteiger partial charge is 0.480 e. The SMILES string of the molecule is CN(CC(=O)O)C(=O)Nc1cccc2c1CCCC2. The van der Waals surface area contributed by atoms with E-state index in [2.05, 4.69) is 11.4 Å². The maximum atomic E-state index is 11.9. The van der Waals surface area contributed by atoms with Gasteiger partial charge < -0.3 is 15.3 Å². The summed E-state index contributed by atoms with van der Waals surface area (Å²) in [6.07, 6.45) is 4.33. The van der Waals surface area contributed by atoms with Crippen molar-refractivity contribution in [1.82, 2.24) is 4.90 Å². The lowest BCUT2D eigenvalue weighted by Crippen LogP contribution is -2.35. The summed E-state index contributed by atoms with van der Waals surface area (Å²) >= 11 is 0. The first-order chi connectivity index (χ1) is 9.08. The molecule has 0 bridgehead atoms. The van der Waals surface area contributed by atoms with E-state index in [1.54, 1.807) is 0 Å². The van der Waals surface area contributed by atoms with E-state index in [0.29, 0.717) is 0 Å². The Bertz CT molecular complexity index is 499. The van der Waals surface area contributed by atoms with Crippen LogP contribution in [0.4, 0.5) is 10.5 Å². The van der Waals surface area contributed by atoms with E-state index in [1.807, 2.05) is 12.1 Å².